The minimum atomic E-state index is -0.593. The topological polar surface area (TPSA) is 49.3 Å². The number of carbonyl (C=O) groups is 1. The molecule has 3 nitrogen and oxygen atoms in total. The minimum absolute atomic E-state index is 0.401. The van der Waals surface area contributed by atoms with Crippen molar-refractivity contribution in [1.82, 2.24) is 5.32 Å². The molecule has 0 aromatic heterocycles. The number of nitrogens with one attached hydrogen (secondary N) is 1. The fourth-order valence-electron chi connectivity index (χ4n) is 0.976. The van der Waals surface area contributed by atoms with Gasteiger partial charge in [0.15, 0.2) is 0 Å². The Kier molecular flexibility index (Phi) is 7.00. The van der Waals surface area contributed by atoms with Gasteiger partial charge < -0.3 is 15.2 Å². The zero-order valence-corrected chi connectivity index (χ0v) is 7.92. The van der Waals surface area contributed by atoms with Crippen molar-refractivity contribution in [2.75, 3.05) is 6.54 Å². The van der Waals surface area contributed by atoms with Crippen molar-refractivity contribution in [2.24, 2.45) is 0 Å². The van der Waals surface area contributed by atoms with E-state index >= 15 is 0 Å². The van der Waals surface area contributed by atoms with E-state index in [0.29, 0.717) is 0 Å². The van der Waals surface area contributed by atoms with Crippen molar-refractivity contribution in [3.05, 3.63) is 0 Å². The van der Waals surface area contributed by atoms with Crippen molar-refractivity contribution in [3.63, 3.8) is 0 Å². The lowest BCUT2D eigenvalue weighted by Crippen LogP contribution is -2.40. The van der Waals surface area contributed by atoms with Gasteiger partial charge in [0.25, 0.3) is 0 Å². The molecule has 0 aromatic rings. The Hall–Kier alpha value is -0.410. The number of unbranched alkanes of at least 4 members (excludes halogenated alkanes) is 2. The summed E-state index contributed by atoms with van der Waals surface area (Å²) in [4.78, 5) is 10.4. The summed E-state index contributed by atoms with van der Waals surface area (Å²) in [6.45, 7) is 4.56. The Balaban J connectivity index is 3.38. The molecule has 0 aromatic carbocycles. The first-order valence-corrected chi connectivity index (χ1v) is 4.59. The van der Waals surface area contributed by atoms with Crippen molar-refractivity contribution >= 4 is 6.29 Å². The van der Waals surface area contributed by atoms with Crippen LogP contribution in [0.4, 0.5) is 0 Å². The van der Waals surface area contributed by atoms with E-state index in [4.69, 9.17) is 5.11 Å². The van der Waals surface area contributed by atoms with Crippen LogP contribution in [0.5, 0.6) is 0 Å². The molecule has 0 fully saturated rings. The van der Waals surface area contributed by atoms with Crippen molar-refractivity contribution in [2.45, 2.75) is 45.3 Å². The second-order valence-electron chi connectivity index (χ2n) is 3.06. The highest BCUT2D eigenvalue weighted by molar-refractivity contribution is 5.58. The van der Waals surface area contributed by atoms with Crippen molar-refractivity contribution < 1.29 is 9.90 Å². The zero-order chi connectivity index (χ0) is 9.40. The van der Waals surface area contributed by atoms with Gasteiger partial charge in [-0.05, 0) is 19.9 Å². The molecule has 2 N–H and O–H groups in total. The Morgan fingerprint density at radius 1 is 1.50 bits per heavy atom. The van der Waals surface area contributed by atoms with Gasteiger partial charge in [-0.3, -0.25) is 0 Å². The van der Waals surface area contributed by atoms with Gasteiger partial charge in [-0.2, -0.15) is 0 Å². The summed E-state index contributed by atoms with van der Waals surface area (Å²) in [5, 5.41) is 12.1. The third kappa shape index (κ3) is 5.27. The molecule has 0 saturated carbocycles. The molecule has 0 heterocycles. The lowest BCUT2D eigenvalue weighted by Gasteiger charge is -2.14. The van der Waals surface area contributed by atoms with Crippen LogP contribution in [0.1, 0.15) is 33.1 Å². The van der Waals surface area contributed by atoms with Gasteiger partial charge in [0.1, 0.15) is 6.29 Å². The van der Waals surface area contributed by atoms with E-state index in [1.807, 2.05) is 0 Å². The smallest absolute Gasteiger partial charge is 0.139 e. The molecule has 12 heavy (non-hydrogen) atoms. The predicted molar refractivity (Wildman–Crippen MR) is 49.1 cm³/mol. The third-order valence-electron chi connectivity index (χ3n) is 1.83. The molecule has 0 radical (unpaired) electrons. The van der Waals surface area contributed by atoms with E-state index in [1.165, 1.54) is 12.8 Å². The van der Waals surface area contributed by atoms with Gasteiger partial charge >= 0.3 is 0 Å². The number of carbonyl (C=O) groups excluding carboxylic acids is 1. The maximum atomic E-state index is 10.4. The summed E-state index contributed by atoms with van der Waals surface area (Å²) in [6, 6.07) is -0.401. The molecule has 0 aliphatic carbocycles. The van der Waals surface area contributed by atoms with Gasteiger partial charge in [-0.15, -0.1) is 0 Å². The van der Waals surface area contributed by atoms with Crippen LogP contribution in [0.2, 0.25) is 0 Å². The van der Waals surface area contributed by atoms with Crippen LogP contribution in [0.3, 0.4) is 0 Å². The molecule has 3 heteroatoms. The second-order valence-corrected chi connectivity index (χ2v) is 3.06. The first kappa shape index (κ1) is 11.6. The Labute approximate surface area is 74.2 Å². The van der Waals surface area contributed by atoms with Gasteiger partial charge in [0.05, 0.1) is 12.1 Å². The lowest BCUT2D eigenvalue weighted by atomic mass is 10.2. The Bertz CT molecular complexity index is 115. The monoisotopic (exact) mass is 173 g/mol. The van der Waals surface area contributed by atoms with Crippen LogP contribution in [0, 0.1) is 0 Å². The molecule has 0 aliphatic heterocycles. The van der Waals surface area contributed by atoms with Crippen LogP contribution < -0.4 is 5.32 Å². The Morgan fingerprint density at radius 2 is 2.17 bits per heavy atom. The molecule has 0 saturated heterocycles. The normalized spacial score (nSPS) is 15.6. The summed E-state index contributed by atoms with van der Waals surface area (Å²) in [7, 11) is 0. The highest BCUT2D eigenvalue weighted by Gasteiger charge is 2.11. The second kappa shape index (κ2) is 7.25. The molecule has 1 unspecified atom stereocenters. The van der Waals surface area contributed by atoms with E-state index < -0.39 is 12.1 Å². The van der Waals surface area contributed by atoms with Gasteiger partial charge in [0, 0.05) is 0 Å². The first-order valence-electron chi connectivity index (χ1n) is 4.59. The van der Waals surface area contributed by atoms with E-state index in [-0.39, 0.29) is 0 Å². The molecule has 0 bridgehead atoms. The predicted octanol–water partition coefficient (Wildman–Crippen LogP) is 0.714. The maximum Gasteiger partial charge on any atom is 0.139 e. The summed E-state index contributed by atoms with van der Waals surface area (Å²) in [5.74, 6) is 0. The largest absolute Gasteiger partial charge is 0.391 e. The summed E-state index contributed by atoms with van der Waals surface area (Å²) < 4.78 is 0. The summed E-state index contributed by atoms with van der Waals surface area (Å²) >= 11 is 0. The standard InChI is InChI=1S/C9H19NO2/c1-3-4-5-6-10-9(7-11)8(2)12/h7-10,12H,3-6H2,1-2H3/t8?,9-/m1/s1. The highest BCUT2D eigenvalue weighted by Crippen LogP contribution is 1.93. The average Bonchev–Trinajstić information content (AvgIpc) is 2.04. The average molecular weight is 173 g/mol. The van der Waals surface area contributed by atoms with Gasteiger partial charge in [-0.25, -0.2) is 0 Å². The van der Waals surface area contributed by atoms with Crippen LogP contribution in [-0.4, -0.2) is 30.1 Å². The zero-order valence-electron chi connectivity index (χ0n) is 7.92. The summed E-state index contributed by atoms with van der Waals surface area (Å²) in [5.41, 5.74) is 0. The molecule has 0 amide bonds. The van der Waals surface area contributed by atoms with Crippen molar-refractivity contribution in [3.8, 4) is 0 Å². The number of hydrogen-bond donors (Lipinski definition) is 2. The van der Waals surface area contributed by atoms with E-state index in [2.05, 4.69) is 12.2 Å². The number of rotatable bonds is 7. The molecule has 0 rings (SSSR count). The van der Waals surface area contributed by atoms with Crippen LogP contribution >= 0.6 is 0 Å². The molecule has 0 spiro atoms. The van der Waals surface area contributed by atoms with E-state index in [9.17, 15) is 4.79 Å². The third-order valence-corrected chi connectivity index (χ3v) is 1.83. The van der Waals surface area contributed by atoms with Crippen molar-refractivity contribution in [1.29, 1.82) is 0 Å². The number of hydrogen-bond acceptors (Lipinski definition) is 3. The number of aldehydes is 1. The molecule has 2 atom stereocenters. The SMILES string of the molecule is CCCCCN[C@H](C=O)C(C)O. The van der Waals surface area contributed by atoms with Gasteiger partial charge in [0.2, 0.25) is 0 Å². The number of aliphatic hydroxyl groups is 1. The van der Waals surface area contributed by atoms with Crippen LogP contribution in [-0.2, 0) is 4.79 Å². The Morgan fingerprint density at radius 3 is 2.58 bits per heavy atom. The fourth-order valence-corrected chi connectivity index (χ4v) is 0.976. The summed E-state index contributed by atoms with van der Waals surface area (Å²) in [6.07, 6.45) is 3.56. The molecule has 0 aliphatic rings. The quantitative estimate of drug-likeness (QED) is 0.440. The highest BCUT2D eigenvalue weighted by atomic mass is 16.3. The number of aliphatic hydroxyl groups excluding tert-OH is 1. The lowest BCUT2D eigenvalue weighted by molar-refractivity contribution is -0.111. The van der Waals surface area contributed by atoms with E-state index in [0.717, 1.165) is 19.3 Å². The molecular formula is C9H19NO2. The minimum Gasteiger partial charge on any atom is -0.391 e. The van der Waals surface area contributed by atoms with E-state index in [1.54, 1.807) is 6.92 Å². The maximum absolute atomic E-state index is 10.4. The van der Waals surface area contributed by atoms with Crippen LogP contribution in [0.25, 0.3) is 0 Å². The molecular weight excluding hydrogens is 154 g/mol. The van der Waals surface area contributed by atoms with Crippen LogP contribution in [0.15, 0.2) is 0 Å². The molecule has 72 valence electrons. The fraction of sp³-hybridized carbons (Fsp3) is 0.889. The van der Waals surface area contributed by atoms with Gasteiger partial charge in [-0.1, -0.05) is 19.8 Å². The first-order chi connectivity index (χ1) is 5.72.